The quantitative estimate of drug-likeness (QED) is 0.564. The minimum Gasteiger partial charge on any atom is -0.345 e. The summed E-state index contributed by atoms with van der Waals surface area (Å²) in [5.41, 5.74) is 2.47. The Morgan fingerprint density at radius 2 is 1.97 bits per heavy atom. The van der Waals surface area contributed by atoms with E-state index in [-0.39, 0.29) is 23.6 Å². The van der Waals surface area contributed by atoms with Crippen LogP contribution < -0.4 is 10.6 Å². The second kappa shape index (κ2) is 10.2. The number of nitrogens with zero attached hydrogens (tertiary/aromatic N) is 2. The van der Waals surface area contributed by atoms with E-state index in [1.54, 1.807) is 48.8 Å². The maximum absolute atomic E-state index is 12.8. The third-order valence-corrected chi connectivity index (χ3v) is 5.37. The molecule has 2 amide bonds. The van der Waals surface area contributed by atoms with E-state index in [2.05, 4.69) is 15.6 Å². The molecule has 0 bridgehead atoms. The first-order chi connectivity index (χ1) is 14.6. The Kier molecular flexibility index (Phi) is 7.19. The van der Waals surface area contributed by atoms with E-state index < -0.39 is 0 Å². The van der Waals surface area contributed by atoms with Crippen molar-refractivity contribution in [2.24, 2.45) is 0 Å². The van der Waals surface area contributed by atoms with Crippen molar-refractivity contribution in [3.63, 3.8) is 0 Å². The van der Waals surface area contributed by atoms with E-state index in [4.69, 9.17) is 5.26 Å². The van der Waals surface area contributed by atoms with Gasteiger partial charge in [-0.1, -0.05) is 24.3 Å². The van der Waals surface area contributed by atoms with Gasteiger partial charge in [-0.05, 0) is 48.9 Å². The SMILES string of the molecule is C[C@H](NC(=O)c1ccccc1SCC(=O)Nc1cccc(C#N)c1)c1cccnc1. The molecule has 0 saturated carbocycles. The van der Waals surface area contributed by atoms with E-state index in [1.807, 2.05) is 37.3 Å². The highest BCUT2D eigenvalue weighted by atomic mass is 32.2. The molecule has 0 saturated heterocycles. The first-order valence-electron chi connectivity index (χ1n) is 9.29. The van der Waals surface area contributed by atoms with Crippen LogP contribution in [0.3, 0.4) is 0 Å². The normalized spacial score (nSPS) is 11.2. The van der Waals surface area contributed by atoms with Crippen molar-refractivity contribution >= 4 is 29.3 Å². The predicted molar refractivity (Wildman–Crippen MR) is 117 cm³/mol. The molecule has 150 valence electrons. The van der Waals surface area contributed by atoms with Gasteiger partial charge in [0.2, 0.25) is 5.91 Å². The third-order valence-electron chi connectivity index (χ3n) is 4.30. The highest BCUT2D eigenvalue weighted by Gasteiger charge is 2.16. The van der Waals surface area contributed by atoms with Crippen LogP contribution in [0.15, 0.2) is 78.0 Å². The molecule has 0 unspecified atom stereocenters. The van der Waals surface area contributed by atoms with Crippen molar-refractivity contribution in [3.05, 3.63) is 89.7 Å². The van der Waals surface area contributed by atoms with Gasteiger partial charge in [-0.15, -0.1) is 11.8 Å². The number of anilines is 1. The summed E-state index contributed by atoms with van der Waals surface area (Å²) >= 11 is 1.29. The van der Waals surface area contributed by atoms with Crippen molar-refractivity contribution in [1.82, 2.24) is 10.3 Å². The lowest BCUT2D eigenvalue weighted by Crippen LogP contribution is -2.27. The van der Waals surface area contributed by atoms with Gasteiger partial charge in [0.15, 0.2) is 0 Å². The molecule has 6 nitrogen and oxygen atoms in total. The van der Waals surface area contributed by atoms with Crippen molar-refractivity contribution in [3.8, 4) is 6.07 Å². The molecule has 1 atom stereocenters. The average molecular weight is 417 g/mol. The van der Waals surface area contributed by atoms with E-state index in [0.29, 0.717) is 21.7 Å². The van der Waals surface area contributed by atoms with Crippen LogP contribution in [0, 0.1) is 11.3 Å². The Morgan fingerprint density at radius 1 is 1.13 bits per heavy atom. The summed E-state index contributed by atoms with van der Waals surface area (Å²) in [5, 5.41) is 14.7. The van der Waals surface area contributed by atoms with Gasteiger partial charge in [0.25, 0.3) is 5.91 Å². The number of hydrogen-bond donors (Lipinski definition) is 2. The Labute approximate surface area is 179 Å². The second-order valence-electron chi connectivity index (χ2n) is 6.51. The van der Waals surface area contributed by atoms with E-state index in [9.17, 15) is 9.59 Å². The topological polar surface area (TPSA) is 94.9 Å². The number of carbonyl (C=O) groups excluding carboxylic acids is 2. The fourth-order valence-corrected chi connectivity index (χ4v) is 3.63. The maximum Gasteiger partial charge on any atom is 0.252 e. The number of carbonyl (C=O) groups is 2. The Bertz CT molecular complexity index is 1080. The van der Waals surface area contributed by atoms with Crippen LogP contribution in [0.25, 0.3) is 0 Å². The van der Waals surface area contributed by atoms with E-state index in [0.717, 1.165) is 5.56 Å². The highest BCUT2D eigenvalue weighted by molar-refractivity contribution is 8.00. The van der Waals surface area contributed by atoms with Gasteiger partial charge in [-0.25, -0.2) is 0 Å². The Morgan fingerprint density at radius 3 is 2.73 bits per heavy atom. The molecule has 1 aromatic heterocycles. The fraction of sp³-hybridized carbons (Fsp3) is 0.130. The van der Waals surface area contributed by atoms with Crippen molar-refractivity contribution < 1.29 is 9.59 Å². The summed E-state index contributed by atoms with van der Waals surface area (Å²) in [6, 6.07) is 19.5. The third kappa shape index (κ3) is 5.69. The van der Waals surface area contributed by atoms with Crippen LogP contribution in [0.2, 0.25) is 0 Å². The van der Waals surface area contributed by atoms with Gasteiger partial charge < -0.3 is 10.6 Å². The molecule has 3 aromatic rings. The number of rotatable bonds is 7. The minimum atomic E-state index is -0.214. The first-order valence-corrected chi connectivity index (χ1v) is 10.3. The molecular formula is C23H20N4O2S. The zero-order valence-corrected chi connectivity index (χ0v) is 17.1. The number of aromatic nitrogens is 1. The summed E-state index contributed by atoms with van der Waals surface area (Å²) in [6.07, 6.45) is 3.41. The number of amides is 2. The van der Waals surface area contributed by atoms with Gasteiger partial charge in [0.05, 0.1) is 29.0 Å². The first kappa shape index (κ1) is 21.1. The summed E-state index contributed by atoms with van der Waals surface area (Å²) in [7, 11) is 0. The molecule has 7 heteroatoms. The van der Waals surface area contributed by atoms with E-state index in [1.165, 1.54) is 11.8 Å². The van der Waals surface area contributed by atoms with Crippen molar-refractivity contribution in [1.29, 1.82) is 5.26 Å². The van der Waals surface area contributed by atoms with Crippen molar-refractivity contribution in [2.75, 3.05) is 11.1 Å². The molecule has 0 aliphatic heterocycles. The molecule has 0 spiro atoms. The summed E-state index contributed by atoms with van der Waals surface area (Å²) in [5.74, 6) is -0.287. The summed E-state index contributed by atoms with van der Waals surface area (Å²) < 4.78 is 0. The monoisotopic (exact) mass is 416 g/mol. The highest BCUT2D eigenvalue weighted by Crippen LogP contribution is 2.24. The molecule has 2 N–H and O–H groups in total. The zero-order chi connectivity index (χ0) is 21.3. The number of benzene rings is 2. The molecule has 0 fully saturated rings. The maximum atomic E-state index is 12.8. The fourth-order valence-electron chi connectivity index (χ4n) is 2.78. The Balaban J connectivity index is 1.62. The molecule has 0 aliphatic rings. The molecule has 1 heterocycles. The van der Waals surface area contributed by atoms with Crippen LogP contribution in [0.5, 0.6) is 0 Å². The zero-order valence-electron chi connectivity index (χ0n) is 16.3. The molecular weight excluding hydrogens is 396 g/mol. The van der Waals surface area contributed by atoms with Gasteiger partial charge in [-0.2, -0.15) is 5.26 Å². The average Bonchev–Trinajstić information content (AvgIpc) is 2.78. The molecule has 2 aromatic carbocycles. The summed E-state index contributed by atoms with van der Waals surface area (Å²) in [4.78, 5) is 29.9. The van der Waals surface area contributed by atoms with Gasteiger partial charge in [0, 0.05) is 23.0 Å². The molecule has 0 radical (unpaired) electrons. The molecule has 0 aliphatic carbocycles. The lowest BCUT2D eigenvalue weighted by atomic mass is 10.1. The number of pyridine rings is 1. The number of hydrogen-bond acceptors (Lipinski definition) is 5. The largest absolute Gasteiger partial charge is 0.345 e. The number of nitrogens with one attached hydrogen (secondary N) is 2. The van der Waals surface area contributed by atoms with Crippen LogP contribution in [0.4, 0.5) is 5.69 Å². The smallest absolute Gasteiger partial charge is 0.252 e. The summed E-state index contributed by atoms with van der Waals surface area (Å²) in [6.45, 7) is 1.90. The molecule has 30 heavy (non-hydrogen) atoms. The predicted octanol–water partition coefficient (Wildman–Crippen LogP) is 4.18. The Hall–Kier alpha value is -3.63. The van der Waals surface area contributed by atoms with Crippen molar-refractivity contribution in [2.45, 2.75) is 17.9 Å². The van der Waals surface area contributed by atoms with Crippen LogP contribution in [0.1, 0.15) is 34.5 Å². The lowest BCUT2D eigenvalue weighted by molar-refractivity contribution is -0.113. The van der Waals surface area contributed by atoms with Gasteiger partial charge in [0.1, 0.15) is 0 Å². The number of thioether (sulfide) groups is 1. The molecule has 3 rings (SSSR count). The number of nitriles is 1. The van der Waals surface area contributed by atoms with Crippen LogP contribution in [-0.4, -0.2) is 22.6 Å². The van der Waals surface area contributed by atoms with E-state index >= 15 is 0 Å². The standard InChI is InChI=1S/C23H20N4O2S/c1-16(18-7-5-11-25-14-18)26-23(29)20-9-2-3-10-21(20)30-15-22(28)27-19-8-4-6-17(12-19)13-24/h2-12,14,16H,15H2,1H3,(H,26,29)(H,27,28)/t16-/m0/s1. The second-order valence-corrected chi connectivity index (χ2v) is 7.52. The van der Waals surface area contributed by atoms with Gasteiger partial charge >= 0.3 is 0 Å². The van der Waals surface area contributed by atoms with Gasteiger partial charge in [-0.3, -0.25) is 14.6 Å². The van der Waals surface area contributed by atoms with Crippen LogP contribution >= 0.6 is 11.8 Å². The lowest BCUT2D eigenvalue weighted by Gasteiger charge is -2.15. The minimum absolute atomic E-state index is 0.138. The van der Waals surface area contributed by atoms with Crippen LogP contribution in [-0.2, 0) is 4.79 Å².